The molecule has 2 saturated heterocycles. The van der Waals surface area contributed by atoms with Crippen LogP contribution < -0.4 is 14.4 Å². The number of aliphatic imine (C=N–C) groups is 1. The van der Waals surface area contributed by atoms with Gasteiger partial charge in [-0.15, -0.1) is 0 Å². The Morgan fingerprint density at radius 2 is 2.00 bits per heavy atom. The third kappa shape index (κ3) is 3.67. The maximum Gasteiger partial charge on any atom is 0.252 e. The Morgan fingerprint density at radius 1 is 1.17 bits per heavy atom. The van der Waals surface area contributed by atoms with E-state index in [1.165, 1.54) is 11.8 Å². The van der Waals surface area contributed by atoms with Crippen LogP contribution in [-0.4, -0.2) is 49.1 Å². The molecule has 0 unspecified atom stereocenters. The summed E-state index contributed by atoms with van der Waals surface area (Å²) in [6.07, 6.45) is 0.203. The van der Waals surface area contributed by atoms with Gasteiger partial charge in [0.15, 0.2) is 26.5 Å². The number of amidine groups is 1. The fourth-order valence-electron chi connectivity index (χ4n) is 4.04. The summed E-state index contributed by atoms with van der Waals surface area (Å²) >= 11 is 1.37. The number of carbonyl (C=O) groups is 1. The summed E-state index contributed by atoms with van der Waals surface area (Å²) in [6, 6.07) is 13.0. The summed E-state index contributed by atoms with van der Waals surface area (Å²) in [5.74, 6) is 1.14. The molecule has 0 N–H and O–H groups in total. The average molecular weight is 445 g/mol. The highest BCUT2D eigenvalue weighted by Gasteiger charge is 2.49. The number of carbonyl (C=O) groups excluding carboxylic acids is 1. The minimum atomic E-state index is -3.12. The molecule has 1 amide bonds. The second-order valence-electron chi connectivity index (χ2n) is 7.66. The lowest BCUT2D eigenvalue weighted by molar-refractivity contribution is -0.117. The quantitative estimate of drug-likeness (QED) is 0.719. The number of hydrogen-bond donors (Lipinski definition) is 0. The number of rotatable bonds is 3. The Morgan fingerprint density at radius 3 is 2.83 bits per heavy atom. The molecule has 0 aliphatic carbocycles. The molecule has 5 rings (SSSR count). The maximum atomic E-state index is 12.7. The topological polar surface area (TPSA) is 85.3 Å². The first-order chi connectivity index (χ1) is 14.4. The van der Waals surface area contributed by atoms with E-state index in [1.807, 2.05) is 48.2 Å². The summed E-state index contributed by atoms with van der Waals surface area (Å²) in [7, 11) is -3.12. The average Bonchev–Trinajstić information content (AvgIpc) is 3.32. The number of ether oxygens (including phenoxy) is 2. The first kappa shape index (κ1) is 19.4. The standard InChI is InChI=1S/C21H20N2O5S2/c1-13-3-2-4-14(7-13)8-20(24)22-21-23(16-10-30(25,26)11-19(16)29-21)15-5-6-17-18(9-15)28-12-27-17/h2-7,9,16,19H,8,10-12H2,1H3/t16-,19+/m0/s1. The molecule has 0 saturated carbocycles. The molecule has 0 spiro atoms. The number of amides is 1. The van der Waals surface area contributed by atoms with Gasteiger partial charge < -0.3 is 14.4 Å². The Labute approximate surface area is 179 Å². The number of nitrogens with zero attached hydrogens (tertiary/aromatic N) is 2. The zero-order valence-corrected chi connectivity index (χ0v) is 17.9. The van der Waals surface area contributed by atoms with Gasteiger partial charge in [-0.1, -0.05) is 41.6 Å². The van der Waals surface area contributed by atoms with E-state index in [4.69, 9.17) is 9.47 Å². The summed E-state index contributed by atoms with van der Waals surface area (Å²) in [6.45, 7) is 2.14. The van der Waals surface area contributed by atoms with Crippen LogP contribution >= 0.6 is 11.8 Å². The van der Waals surface area contributed by atoms with E-state index < -0.39 is 9.84 Å². The van der Waals surface area contributed by atoms with Crippen molar-refractivity contribution >= 4 is 38.4 Å². The van der Waals surface area contributed by atoms with Crippen LogP contribution in [0.5, 0.6) is 11.5 Å². The third-order valence-corrected chi connectivity index (χ3v) is 8.57. The van der Waals surface area contributed by atoms with Crippen molar-refractivity contribution in [1.82, 2.24) is 0 Å². The van der Waals surface area contributed by atoms with Gasteiger partial charge in [-0.05, 0) is 24.6 Å². The Balaban J connectivity index is 1.47. The molecule has 2 fully saturated rings. The van der Waals surface area contributed by atoms with E-state index in [9.17, 15) is 13.2 Å². The van der Waals surface area contributed by atoms with Crippen molar-refractivity contribution in [2.24, 2.45) is 4.99 Å². The molecule has 0 aromatic heterocycles. The summed E-state index contributed by atoms with van der Waals surface area (Å²) in [5, 5.41) is 0.391. The predicted molar refractivity (Wildman–Crippen MR) is 116 cm³/mol. The summed E-state index contributed by atoms with van der Waals surface area (Å²) in [5.41, 5.74) is 2.74. The number of sulfone groups is 1. The smallest absolute Gasteiger partial charge is 0.252 e. The molecule has 2 aromatic rings. The van der Waals surface area contributed by atoms with E-state index >= 15 is 0 Å². The van der Waals surface area contributed by atoms with Gasteiger partial charge in [0.1, 0.15) is 0 Å². The van der Waals surface area contributed by atoms with Crippen molar-refractivity contribution < 1.29 is 22.7 Å². The second-order valence-corrected chi connectivity index (χ2v) is 11.0. The molecule has 156 valence electrons. The number of thioether (sulfide) groups is 1. The largest absolute Gasteiger partial charge is 0.454 e. The summed E-state index contributed by atoms with van der Waals surface area (Å²) in [4.78, 5) is 19.0. The van der Waals surface area contributed by atoms with Gasteiger partial charge in [0.25, 0.3) is 5.91 Å². The first-order valence-corrected chi connectivity index (χ1v) is 12.3. The van der Waals surface area contributed by atoms with Crippen molar-refractivity contribution in [3.8, 4) is 11.5 Å². The van der Waals surface area contributed by atoms with Crippen LogP contribution in [-0.2, 0) is 21.1 Å². The van der Waals surface area contributed by atoms with Crippen molar-refractivity contribution in [2.75, 3.05) is 23.2 Å². The highest BCUT2D eigenvalue weighted by atomic mass is 32.2. The Bertz CT molecular complexity index is 1160. The molecular formula is C21H20N2O5S2. The summed E-state index contributed by atoms with van der Waals surface area (Å²) < 4.78 is 35.3. The zero-order valence-electron chi connectivity index (χ0n) is 16.3. The molecule has 0 bridgehead atoms. The monoisotopic (exact) mass is 444 g/mol. The SMILES string of the molecule is Cc1cccc(CC(=O)N=C2S[C@@H]3CS(=O)(=O)C[C@@H]3N2c2ccc3c(c2)OCO3)c1. The van der Waals surface area contributed by atoms with E-state index in [-0.39, 0.29) is 41.9 Å². The Kier molecular flexibility index (Phi) is 4.74. The van der Waals surface area contributed by atoms with Crippen LogP contribution in [0.25, 0.3) is 0 Å². The van der Waals surface area contributed by atoms with Gasteiger partial charge in [-0.25, -0.2) is 8.42 Å². The number of anilines is 1. The van der Waals surface area contributed by atoms with Gasteiger partial charge in [-0.2, -0.15) is 4.99 Å². The lowest BCUT2D eigenvalue weighted by Crippen LogP contribution is -2.37. The molecule has 3 heterocycles. The van der Waals surface area contributed by atoms with Gasteiger partial charge in [-0.3, -0.25) is 4.79 Å². The van der Waals surface area contributed by atoms with Gasteiger partial charge >= 0.3 is 0 Å². The Hall–Kier alpha value is -2.52. The van der Waals surface area contributed by atoms with Crippen LogP contribution in [0, 0.1) is 6.92 Å². The number of fused-ring (bicyclic) bond motifs is 2. The first-order valence-electron chi connectivity index (χ1n) is 9.61. The van der Waals surface area contributed by atoms with Crippen molar-refractivity contribution in [2.45, 2.75) is 24.6 Å². The lowest BCUT2D eigenvalue weighted by Gasteiger charge is -2.24. The maximum absolute atomic E-state index is 12.7. The molecule has 30 heavy (non-hydrogen) atoms. The lowest BCUT2D eigenvalue weighted by atomic mass is 10.1. The van der Waals surface area contributed by atoms with Crippen LogP contribution in [0.3, 0.4) is 0 Å². The van der Waals surface area contributed by atoms with Crippen LogP contribution in [0.15, 0.2) is 47.5 Å². The second kappa shape index (κ2) is 7.31. The molecule has 2 atom stereocenters. The van der Waals surface area contributed by atoms with Crippen molar-refractivity contribution in [1.29, 1.82) is 0 Å². The minimum Gasteiger partial charge on any atom is -0.454 e. The fraction of sp³-hybridized carbons (Fsp3) is 0.333. The third-order valence-electron chi connectivity index (χ3n) is 5.36. The van der Waals surface area contributed by atoms with Crippen molar-refractivity contribution in [3.63, 3.8) is 0 Å². The van der Waals surface area contributed by atoms with Crippen LogP contribution in [0.4, 0.5) is 5.69 Å². The predicted octanol–water partition coefficient (Wildman–Crippen LogP) is 2.57. The fourth-order valence-corrected chi connectivity index (χ4v) is 7.98. The molecule has 2 aromatic carbocycles. The van der Waals surface area contributed by atoms with Crippen LogP contribution in [0.1, 0.15) is 11.1 Å². The molecule has 3 aliphatic heterocycles. The van der Waals surface area contributed by atoms with E-state index in [1.54, 1.807) is 6.07 Å². The molecule has 9 heteroatoms. The highest BCUT2D eigenvalue weighted by Crippen LogP contribution is 2.43. The normalized spacial score (nSPS) is 25.0. The molecule has 3 aliphatic rings. The number of hydrogen-bond acceptors (Lipinski definition) is 6. The van der Waals surface area contributed by atoms with E-state index in [0.717, 1.165) is 16.8 Å². The van der Waals surface area contributed by atoms with Gasteiger partial charge in [0, 0.05) is 17.0 Å². The van der Waals surface area contributed by atoms with Crippen LogP contribution in [0.2, 0.25) is 0 Å². The van der Waals surface area contributed by atoms with Gasteiger partial charge in [0.2, 0.25) is 6.79 Å². The highest BCUT2D eigenvalue weighted by molar-refractivity contribution is 8.16. The molecule has 0 radical (unpaired) electrons. The number of benzene rings is 2. The number of aryl methyl sites for hydroxylation is 1. The van der Waals surface area contributed by atoms with E-state index in [0.29, 0.717) is 16.7 Å². The molecular weight excluding hydrogens is 424 g/mol. The minimum absolute atomic E-state index is 0.0458. The van der Waals surface area contributed by atoms with Gasteiger partial charge in [0.05, 0.1) is 24.0 Å². The van der Waals surface area contributed by atoms with Crippen molar-refractivity contribution in [3.05, 3.63) is 53.6 Å². The van der Waals surface area contributed by atoms with E-state index in [2.05, 4.69) is 4.99 Å². The molecule has 7 nitrogen and oxygen atoms in total. The zero-order chi connectivity index (χ0) is 20.9.